The van der Waals surface area contributed by atoms with Gasteiger partial charge in [-0.3, -0.25) is 0 Å². The predicted octanol–water partition coefficient (Wildman–Crippen LogP) is 21.2. The van der Waals surface area contributed by atoms with Crippen LogP contribution in [-0.4, -0.2) is 4.98 Å². The molecule has 0 amide bonds. The summed E-state index contributed by atoms with van der Waals surface area (Å²) in [6.07, 6.45) is 3.61. The van der Waals surface area contributed by atoms with Gasteiger partial charge in [0.05, 0.1) is 11.2 Å². The van der Waals surface area contributed by atoms with Crippen molar-refractivity contribution in [2.75, 3.05) is 9.80 Å². The third kappa shape index (κ3) is 8.34. The summed E-state index contributed by atoms with van der Waals surface area (Å²) in [6.45, 7) is 0. The first-order valence-corrected chi connectivity index (χ1v) is 27.8. The zero-order valence-electron chi connectivity index (χ0n) is 43.8. The predicted molar refractivity (Wildman–Crippen MR) is 333 cm³/mol. The summed E-state index contributed by atoms with van der Waals surface area (Å²) in [4.78, 5) is 10.7. The topological polar surface area (TPSA) is 19.4 Å². The van der Waals surface area contributed by atoms with E-state index in [4.69, 9.17) is 4.98 Å². The van der Waals surface area contributed by atoms with Gasteiger partial charge in [-0.2, -0.15) is 0 Å². The Labute approximate surface area is 462 Å². The van der Waals surface area contributed by atoms with Crippen LogP contribution in [0.1, 0.15) is 42.2 Å². The van der Waals surface area contributed by atoms with E-state index in [1.807, 2.05) is 0 Å². The second-order valence-electron chi connectivity index (χ2n) is 21.4. The maximum atomic E-state index is 5.88. The van der Waals surface area contributed by atoms with Crippen LogP contribution in [0.25, 0.3) is 88.2 Å². The summed E-state index contributed by atoms with van der Waals surface area (Å²) >= 11 is 0. The molecule has 0 radical (unpaired) electrons. The van der Waals surface area contributed by atoms with Crippen LogP contribution >= 0.6 is 0 Å². The van der Waals surface area contributed by atoms with E-state index in [-0.39, 0.29) is 0 Å². The normalized spacial score (nSPS) is 14.4. The van der Waals surface area contributed by atoms with Crippen molar-refractivity contribution in [2.24, 2.45) is 0 Å². The lowest BCUT2D eigenvalue weighted by Gasteiger charge is -2.27. The van der Waals surface area contributed by atoms with Gasteiger partial charge in [0.15, 0.2) is 0 Å². The van der Waals surface area contributed by atoms with Crippen LogP contribution in [0.15, 0.2) is 285 Å². The van der Waals surface area contributed by atoms with Gasteiger partial charge in [0.2, 0.25) is 0 Å². The molecule has 2 unspecified atom stereocenters. The molecule has 0 aliphatic heterocycles. The van der Waals surface area contributed by atoms with Gasteiger partial charge >= 0.3 is 0 Å². The maximum absolute atomic E-state index is 5.88. The molecule has 0 N–H and O–H groups in total. The minimum atomic E-state index is 0.489. The van der Waals surface area contributed by atoms with Gasteiger partial charge in [-0.25, -0.2) is 4.98 Å². The molecule has 2 bridgehead atoms. The van der Waals surface area contributed by atoms with Crippen molar-refractivity contribution in [3.05, 3.63) is 296 Å². The lowest BCUT2D eigenvalue weighted by atomic mass is 9.83. The number of aromatic nitrogens is 1. The van der Waals surface area contributed by atoms with Gasteiger partial charge < -0.3 is 9.80 Å². The van der Waals surface area contributed by atoms with Crippen LogP contribution in [0.4, 0.5) is 34.1 Å². The Morgan fingerprint density at radius 3 is 1.01 bits per heavy atom. The molecular formula is C76H55N3. The van der Waals surface area contributed by atoms with Gasteiger partial charge in [0.25, 0.3) is 0 Å². The molecule has 2 aliphatic rings. The molecule has 3 heteroatoms. The van der Waals surface area contributed by atoms with Crippen molar-refractivity contribution in [2.45, 2.75) is 31.1 Å². The molecule has 15 rings (SSSR count). The highest BCUT2D eigenvalue weighted by atomic mass is 15.1. The van der Waals surface area contributed by atoms with Crippen LogP contribution < -0.4 is 9.80 Å². The Morgan fingerprint density at radius 1 is 0.266 bits per heavy atom. The van der Waals surface area contributed by atoms with E-state index in [9.17, 15) is 0 Å². The van der Waals surface area contributed by atoms with E-state index in [0.717, 1.165) is 45.3 Å². The highest BCUT2D eigenvalue weighted by molar-refractivity contribution is 6.26. The molecule has 0 saturated heterocycles. The fourth-order valence-corrected chi connectivity index (χ4v) is 13.1. The second-order valence-corrected chi connectivity index (χ2v) is 21.4. The summed E-state index contributed by atoms with van der Waals surface area (Å²) in [5.74, 6) is 0.992. The number of hydrogen-bond acceptors (Lipinski definition) is 3. The van der Waals surface area contributed by atoms with Crippen molar-refractivity contribution in [1.82, 2.24) is 4.98 Å². The molecule has 2 atom stereocenters. The van der Waals surface area contributed by atoms with Gasteiger partial charge in [-0.15, -0.1) is 0 Å². The van der Waals surface area contributed by atoms with Crippen molar-refractivity contribution in [3.63, 3.8) is 0 Å². The summed E-state index contributed by atoms with van der Waals surface area (Å²) in [6, 6.07) is 104. The quantitative estimate of drug-likeness (QED) is 0.120. The van der Waals surface area contributed by atoms with Crippen LogP contribution in [0.3, 0.4) is 0 Å². The Bertz CT molecular complexity index is 4170. The molecule has 1 aromatic heterocycles. The average Bonchev–Trinajstić information content (AvgIpc) is 4.39. The Morgan fingerprint density at radius 2 is 0.595 bits per heavy atom. The van der Waals surface area contributed by atoms with Gasteiger partial charge in [-0.05, 0) is 176 Å². The number of hydrogen-bond donors (Lipinski definition) is 0. The molecule has 79 heavy (non-hydrogen) atoms. The molecule has 1 saturated carbocycles. The molecule has 3 nitrogen and oxygen atoms in total. The third-order valence-electron chi connectivity index (χ3n) is 16.9. The SMILES string of the molecule is c1ccc(-c2ccc(N(c3ccc(-c4ccccc4)cc3)c3ccc(-c4nc5c6ccccc6c6cc(N(c7ccc(-c8ccccc8)cc7)c7ccc(-c8ccccc8)cc7)ccc6c5c5c4C4CCC5C4)cc3)cc2)cc1. The molecule has 374 valence electrons. The number of fused-ring (bicyclic) bond motifs is 12. The first-order chi connectivity index (χ1) is 39.2. The van der Waals surface area contributed by atoms with E-state index in [1.54, 1.807) is 0 Å². The van der Waals surface area contributed by atoms with E-state index in [1.165, 1.54) is 107 Å². The van der Waals surface area contributed by atoms with Crippen molar-refractivity contribution < 1.29 is 0 Å². The number of anilines is 6. The molecule has 0 spiro atoms. The lowest BCUT2D eigenvalue weighted by Crippen LogP contribution is -2.10. The minimum absolute atomic E-state index is 0.489. The van der Waals surface area contributed by atoms with Crippen molar-refractivity contribution in [3.8, 4) is 55.8 Å². The minimum Gasteiger partial charge on any atom is -0.311 e. The highest BCUT2D eigenvalue weighted by Crippen LogP contribution is 2.59. The molecule has 1 heterocycles. The second kappa shape index (κ2) is 19.6. The molecule has 13 aromatic rings. The molecular weight excluding hydrogens is 955 g/mol. The molecule has 1 fully saturated rings. The van der Waals surface area contributed by atoms with Crippen LogP contribution in [0.2, 0.25) is 0 Å². The molecule has 12 aromatic carbocycles. The standard InChI is InChI=1S/C76H55N3/c1-5-15-51(16-6-1)55-27-37-62(38-28-55)78(63-39-29-56(30-40-63)52-17-7-2-8-18-52)64-45-35-59(36-46-64)75-73-61-26-25-60(49-61)72(73)74-69-48-47-67(50-71(69)68-23-13-14-24-70(68)76(74)77-75)79(65-41-31-57(32-42-65)53-19-9-3-10-20-53)66-43-33-58(34-44-66)54-21-11-4-12-22-54/h1-24,27-48,50,60-61H,25-26,49H2. The fourth-order valence-electron chi connectivity index (χ4n) is 13.1. The largest absolute Gasteiger partial charge is 0.311 e. The van der Waals surface area contributed by atoms with E-state index in [0.29, 0.717) is 11.8 Å². The van der Waals surface area contributed by atoms with Crippen LogP contribution in [-0.2, 0) is 0 Å². The highest BCUT2D eigenvalue weighted by Gasteiger charge is 2.41. The summed E-state index contributed by atoms with van der Waals surface area (Å²) in [5, 5.41) is 6.28. The van der Waals surface area contributed by atoms with E-state index >= 15 is 0 Å². The van der Waals surface area contributed by atoms with Gasteiger partial charge in [0, 0.05) is 50.5 Å². The van der Waals surface area contributed by atoms with Gasteiger partial charge in [-0.1, -0.05) is 212 Å². The Balaban J connectivity index is 0.852. The number of nitrogens with zero attached hydrogens (tertiary/aromatic N) is 3. The first kappa shape index (κ1) is 46.5. The smallest absolute Gasteiger partial charge is 0.0797 e. The number of rotatable bonds is 11. The Kier molecular flexibility index (Phi) is 11.5. The Hall–Kier alpha value is -9.83. The van der Waals surface area contributed by atoms with E-state index in [2.05, 4.69) is 295 Å². The number of benzene rings is 12. The monoisotopic (exact) mass is 1010 g/mol. The zero-order chi connectivity index (χ0) is 52.2. The van der Waals surface area contributed by atoms with Crippen LogP contribution in [0, 0.1) is 0 Å². The average molecular weight is 1010 g/mol. The first-order valence-electron chi connectivity index (χ1n) is 27.8. The van der Waals surface area contributed by atoms with E-state index < -0.39 is 0 Å². The lowest BCUT2D eigenvalue weighted by molar-refractivity contribution is 0.721. The van der Waals surface area contributed by atoms with Crippen molar-refractivity contribution >= 4 is 66.6 Å². The zero-order valence-corrected chi connectivity index (χ0v) is 43.8. The fraction of sp³-hybridized carbons (Fsp3) is 0.0658. The number of pyridine rings is 1. The third-order valence-corrected chi connectivity index (χ3v) is 16.9. The summed E-state index contributed by atoms with van der Waals surface area (Å²) < 4.78 is 0. The maximum Gasteiger partial charge on any atom is 0.0797 e. The summed E-state index contributed by atoms with van der Waals surface area (Å²) in [5.41, 5.74) is 22.7. The molecule has 2 aliphatic carbocycles. The van der Waals surface area contributed by atoms with Crippen LogP contribution in [0.5, 0.6) is 0 Å². The summed E-state index contributed by atoms with van der Waals surface area (Å²) in [7, 11) is 0. The van der Waals surface area contributed by atoms with Gasteiger partial charge in [0.1, 0.15) is 0 Å². The van der Waals surface area contributed by atoms with Crippen molar-refractivity contribution in [1.29, 1.82) is 0 Å².